The molecule has 1 aliphatic heterocycles. The fourth-order valence-corrected chi connectivity index (χ4v) is 6.33. The zero-order chi connectivity index (χ0) is 28.3. The molecule has 0 bridgehead atoms. The summed E-state index contributed by atoms with van der Waals surface area (Å²) in [5.41, 5.74) is 4.89. The number of ether oxygens (including phenoxy) is 1. The average molecular weight is 562 g/mol. The summed E-state index contributed by atoms with van der Waals surface area (Å²) in [4.78, 5) is 16.2. The molecule has 5 rings (SSSR count). The van der Waals surface area contributed by atoms with Crippen LogP contribution in [0.1, 0.15) is 34.6 Å². The first-order valence-electron chi connectivity index (χ1n) is 13.0. The molecule has 1 aliphatic rings. The SMILES string of the molecule is Cc1ccc(-c2nc(COc3ccc(CN(CC(=O)O)S(=O)(=O)N4CCCc5ccccc54)cc3)c(C)o2)cc1. The van der Waals surface area contributed by atoms with Crippen LogP contribution in [-0.2, 0) is 34.6 Å². The van der Waals surface area contributed by atoms with Gasteiger partial charge in [-0.2, -0.15) is 12.7 Å². The number of carboxylic acids is 1. The number of para-hydroxylation sites is 1. The van der Waals surface area contributed by atoms with Gasteiger partial charge in [0.05, 0.1) is 5.69 Å². The average Bonchev–Trinajstić information content (AvgIpc) is 3.32. The Balaban J connectivity index is 1.27. The molecule has 0 amide bonds. The molecule has 0 unspecified atom stereocenters. The Morgan fingerprint density at radius 3 is 2.50 bits per heavy atom. The summed E-state index contributed by atoms with van der Waals surface area (Å²) in [7, 11) is -4.08. The van der Waals surface area contributed by atoms with E-state index >= 15 is 0 Å². The van der Waals surface area contributed by atoms with Gasteiger partial charge in [0.15, 0.2) is 0 Å². The van der Waals surface area contributed by atoms with E-state index in [4.69, 9.17) is 9.15 Å². The number of oxazole rings is 1. The molecule has 0 radical (unpaired) electrons. The second-order valence-corrected chi connectivity index (χ2v) is 11.6. The maximum absolute atomic E-state index is 13.6. The third-order valence-electron chi connectivity index (χ3n) is 6.83. The molecule has 40 heavy (non-hydrogen) atoms. The topological polar surface area (TPSA) is 113 Å². The molecule has 0 aliphatic carbocycles. The van der Waals surface area contributed by atoms with E-state index in [0.29, 0.717) is 47.3 Å². The fourth-order valence-electron chi connectivity index (χ4n) is 4.68. The number of benzene rings is 3. The molecule has 1 aromatic heterocycles. The number of anilines is 1. The molecule has 0 fully saturated rings. The molecular formula is C30H31N3O6S. The van der Waals surface area contributed by atoms with Crippen LogP contribution in [0.2, 0.25) is 0 Å². The molecule has 0 saturated carbocycles. The number of aliphatic carboxylic acids is 1. The molecule has 2 heterocycles. The number of aromatic nitrogens is 1. The molecule has 208 valence electrons. The van der Waals surface area contributed by atoms with Gasteiger partial charge in [0.1, 0.15) is 30.4 Å². The Labute approximate surface area is 233 Å². The van der Waals surface area contributed by atoms with Crippen LogP contribution in [0.3, 0.4) is 0 Å². The number of aryl methyl sites for hydroxylation is 3. The van der Waals surface area contributed by atoms with Gasteiger partial charge in [0, 0.05) is 18.7 Å². The minimum Gasteiger partial charge on any atom is -0.487 e. The van der Waals surface area contributed by atoms with E-state index < -0.39 is 22.7 Å². The van der Waals surface area contributed by atoms with Crippen molar-refractivity contribution < 1.29 is 27.5 Å². The Kier molecular flexibility index (Phi) is 7.90. The van der Waals surface area contributed by atoms with Crippen molar-refractivity contribution in [3.05, 3.63) is 101 Å². The summed E-state index contributed by atoms with van der Waals surface area (Å²) in [6.45, 7) is 3.63. The van der Waals surface area contributed by atoms with Crippen LogP contribution in [-0.4, -0.2) is 41.9 Å². The molecular weight excluding hydrogens is 530 g/mol. The van der Waals surface area contributed by atoms with Crippen molar-refractivity contribution in [2.45, 2.75) is 39.8 Å². The predicted octanol–water partition coefficient (Wildman–Crippen LogP) is 5.12. The summed E-state index contributed by atoms with van der Waals surface area (Å²) >= 11 is 0. The van der Waals surface area contributed by atoms with Crippen molar-refractivity contribution in [3.63, 3.8) is 0 Å². The summed E-state index contributed by atoms with van der Waals surface area (Å²) in [6, 6.07) is 22.2. The highest BCUT2D eigenvalue weighted by atomic mass is 32.2. The van der Waals surface area contributed by atoms with Crippen LogP contribution in [0.5, 0.6) is 5.75 Å². The van der Waals surface area contributed by atoms with Crippen molar-refractivity contribution in [1.82, 2.24) is 9.29 Å². The lowest BCUT2D eigenvalue weighted by Gasteiger charge is -2.34. The van der Waals surface area contributed by atoms with Gasteiger partial charge < -0.3 is 14.3 Å². The first kappa shape index (κ1) is 27.4. The van der Waals surface area contributed by atoms with Gasteiger partial charge in [-0.05, 0) is 68.1 Å². The lowest BCUT2D eigenvalue weighted by atomic mass is 10.0. The zero-order valence-corrected chi connectivity index (χ0v) is 23.2. The predicted molar refractivity (Wildman–Crippen MR) is 151 cm³/mol. The highest BCUT2D eigenvalue weighted by Gasteiger charge is 2.34. The number of nitrogens with zero attached hydrogens (tertiary/aromatic N) is 3. The Morgan fingerprint density at radius 1 is 1.05 bits per heavy atom. The summed E-state index contributed by atoms with van der Waals surface area (Å²) < 4.78 is 41.3. The number of rotatable bonds is 10. The first-order valence-corrected chi connectivity index (χ1v) is 14.4. The fraction of sp³-hybridized carbons (Fsp3) is 0.267. The molecule has 9 nitrogen and oxygen atoms in total. The lowest BCUT2D eigenvalue weighted by molar-refractivity contribution is -0.137. The van der Waals surface area contributed by atoms with Crippen LogP contribution in [0.4, 0.5) is 5.69 Å². The zero-order valence-electron chi connectivity index (χ0n) is 22.4. The van der Waals surface area contributed by atoms with Crippen LogP contribution in [0, 0.1) is 13.8 Å². The molecule has 0 atom stereocenters. The van der Waals surface area contributed by atoms with Gasteiger partial charge in [-0.15, -0.1) is 0 Å². The largest absolute Gasteiger partial charge is 0.487 e. The van der Waals surface area contributed by atoms with E-state index in [1.54, 1.807) is 36.4 Å². The van der Waals surface area contributed by atoms with Crippen molar-refractivity contribution in [1.29, 1.82) is 0 Å². The second-order valence-electron chi connectivity index (χ2n) is 9.79. The maximum atomic E-state index is 13.6. The van der Waals surface area contributed by atoms with Crippen LogP contribution >= 0.6 is 0 Å². The van der Waals surface area contributed by atoms with Gasteiger partial charge in [0.25, 0.3) is 0 Å². The van der Waals surface area contributed by atoms with E-state index in [-0.39, 0.29) is 13.2 Å². The monoisotopic (exact) mass is 561 g/mol. The molecule has 10 heteroatoms. The molecule has 4 aromatic rings. The van der Waals surface area contributed by atoms with E-state index in [2.05, 4.69) is 4.98 Å². The van der Waals surface area contributed by atoms with Crippen molar-refractivity contribution in [2.24, 2.45) is 0 Å². The Bertz CT molecular complexity index is 1600. The highest BCUT2D eigenvalue weighted by Crippen LogP contribution is 2.31. The first-order chi connectivity index (χ1) is 19.2. The second kappa shape index (κ2) is 11.5. The Morgan fingerprint density at radius 2 is 1.77 bits per heavy atom. The standard InChI is InChI=1S/C30H31N3O6S/c1-21-9-13-25(14-10-21)30-31-27(22(2)39-30)20-38-26-15-11-23(12-16-26)18-32(19-29(34)35)40(36,37)33-17-5-7-24-6-3-4-8-28(24)33/h3-4,6,8-16H,5,7,17-20H2,1-2H3,(H,34,35). The maximum Gasteiger partial charge on any atom is 0.318 e. The molecule has 3 aromatic carbocycles. The van der Waals surface area contributed by atoms with Crippen molar-refractivity contribution in [2.75, 3.05) is 17.4 Å². The summed E-state index contributed by atoms with van der Waals surface area (Å²) in [5.74, 6) is 0.547. The number of carbonyl (C=O) groups is 1. The molecule has 0 spiro atoms. The smallest absolute Gasteiger partial charge is 0.318 e. The van der Waals surface area contributed by atoms with Crippen molar-refractivity contribution in [3.8, 4) is 17.2 Å². The summed E-state index contributed by atoms with van der Waals surface area (Å²) in [5, 5.41) is 9.49. The van der Waals surface area contributed by atoms with Gasteiger partial charge in [0.2, 0.25) is 5.89 Å². The number of fused-ring (bicyclic) bond motifs is 1. The lowest BCUT2D eigenvalue weighted by Crippen LogP contribution is -2.47. The van der Waals surface area contributed by atoms with E-state index in [1.807, 2.05) is 50.2 Å². The minimum atomic E-state index is -4.08. The van der Waals surface area contributed by atoms with Gasteiger partial charge in [-0.25, -0.2) is 4.98 Å². The number of hydrogen-bond donors (Lipinski definition) is 1. The molecule has 1 N–H and O–H groups in total. The van der Waals surface area contributed by atoms with E-state index in [9.17, 15) is 18.3 Å². The molecule has 0 saturated heterocycles. The van der Waals surface area contributed by atoms with E-state index in [0.717, 1.165) is 27.4 Å². The number of carboxylic acid groups (broad SMARTS) is 1. The summed E-state index contributed by atoms with van der Waals surface area (Å²) in [6.07, 6.45) is 1.45. The van der Waals surface area contributed by atoms with Gasteiger partial charge >= 0.3 is 16.2 Å². The quantitative estimate of drug-likeness (QED) is 0.286. The van der Waals surface area contributed by atoms with Crippen LogP contribution < -0.4 is 9.04 Å². The number of hydrogen-bond acceptors (Lipinski definition) is 6. The van der Waals surface area contributed by atoms with Gasteiger partial charge in [-0.1, -0.05) is 48.0 Å². The van der Waals surface area contributed by atoms with Gasteiger partial charge in [-0.3, -0.25) is 9.10 Å². The van der Waals surface area contributed by atoms with E-state index in [1.165, 1.54) is 4.31 Å². The third kappa shape index (κ3) is 6.03. The Hall–Kier alpha value is -4.15. The van der Waals surface area contributed by atoms with Crippen molar-refractivity contribution >= 4 is 21.9 Å². The normalized spacial score (nSPS) is 13.3. The van der Waals surface area contributed by atoms with Crippen LogP contribution in [0.15, 0.2) is 77.2 Å². The van der Waals surface area contributed by atoms with Crippen LogP contribution in [0.25, 0.3) is 11.5 Å². The third-order valence-corrected chi connectivity index (χ3v) is 8.68. The highest BCUT2D eigenvalue weighted by molar-refractivity contribution is 7.90. The minimum absolute atomic E-state index is 0.0874.